The second-order valence-electron chi connectivity index (χ2n) is 4.98. The van der Waals surface area contributed by atoms with Crippen molar-refractivity contribution in [3.05, 3.63) is 34.3 Å². The van der Waals surface area contributed by atoms with Crippen molar-refractivity contribution in [2.45, 2.75) is 58.4 Å². The Morgan fingerprint density at radius 2 is 1.89 bits per heavy atom. The van der Waals surface area contributed by atoms with Crippen LogP contribution in [0.5, 0.6) is 0 Å². The van der Waals surface area contributed by atoms with Crippen molar-refractivity contribution >= 4 is 11.6 Å². The van der Waals surface area contributed by atoms with Crippen molar-refractivity contribution in [2.24, 2.45) is 5.84 Å². The molecular formula is C15H25ClN2. The van der Waals surface area contributed by atoms with Crippen LogP contribution in [0.2, 0.25) is 5.02 Å². The van der Waals surface area contributed by atoms with Gasteiger partial charge in [-0.25, -0.2) is 0 Å². The zero-order chi connectivity index (χ0) is 13.4. The Morgan fingerprint density at radius 1 is 1.17 bits per heavy atom. The normalized spacial score (nSPS) is 12.7. The molecule has 1 unspecified atom stereocenters. The number of unbranched alkanes of at least 4 members (excludes halogenated alkanes) is 4. The molecule has 0 radical (unpaired) electrons. The summed E-state index contributed by atoms with van der Waals surface area (Å²) < 4.78 is 0. The molecule has 0 saturated heterocycles. The molecular weight excluding hydrogens is 244 g/mol. The van der Waals surface area contributed by atoms with Crippen LogP contribution in [0.25, 0.3) is 0 Å². The maximum atomic E-state index is 6.09. The number of aryl methyl sites for hydroxylation is 1. The molecule has 0 aliphatic heterocycles. The van der Waals surface area contributed by atoms with E-state index in [2.05, 4.69) is 25.3 Å². The quantitative estimate of drug-likeness (QED) is 0.413. The highest BCUT2D eigenvalue weighted by Crippen LogP contribution is 2.24. The number of hydrazine groups is 1. The first-order valence-electron chi connectivity index (χ1n) is 6.90. The van der Waals surface area contributed by atoms with E-state index in [1.807, 2.05) is 12.1 Å². The van der Waals surface area contributed by atoms with Crippen LogP contribution >= 0.6 is 11.6 Å². The molecule has 0 aliphatic carbocycles. The van der Waals surface area contributed by atoms with Gasteiger partial charge in [0.2, 0.25) is 0 Å². The Bertz CT molecular complexity index is 332. The fourth-order valence-electron chi connectivity index (χ4n) is 2.26. The van der Waals surface area contributed by atoms with Crippen LogP contribution in [-0.4, -0.2) is 0 Å². The number of benzene rings is 1. The summed E-state index contributed by atoms with van der Waals surface area (Å²) in [7, 11) is 0. The molecule has 0 spiro atoms. The first-order valence-corrected chi connectivity index (χ1v) is 7.28. The van der Waals surface area contributed by atoms with Gasteiger partial charge >= 0.3 is 0 Å². The smallest absolute Gasteiger partial charge is 0.0460 e. The van der Waals surface area contributed by atoms with Gasteiger partial charge in [0.1, 0.15) is 0 Å². The molecule has 0 heterocycles. The topological polar surface area (TPSA) is 38.0 Å². The van der Waals surface area contributed by atoms with Crippen LogP contribution in [0.3, 0.4) is 0 Å². The van der Waals surface area contributed by atoms with Gasteiger partial charge < -0.3 is 0 Å². The van der Waals surface area contributed by atoms with E-state index in [1.165, 1.54) is 43.2 Å². The number of nitrogens with two attached hydrogens (primary N) is 1. The second-order valence-corrected chi connectivity index (χ2v) is 5.42. The summed E-state index contributed by atoms with van der Waals surface area (Å²) in [6.45, 7) is 4.29. The van der Waals surface area contributed by atoms with E-state index in [0.717, 1.165) is 11.4 Å². The van der Waals surface area contributed by atoms with E-state index >= 15 is 0 Å². The van der Waals surface area contributed by atoms with E-state index in [9.17, 15) is 0 Å². The lowest BCUT2D eigenvalue weighted by molar-refractivity contribution is 0.479. The highest BCUT2D eigenvalue weighted by molar-refractivity contribution is 6.30. The lowest BCUT2D eigenvalue weighted by atomic mass is 9.99. The second kappa shape index (κ2) is 8.52. The summed E-state index contributed by atoms with van der Waals surface area (Å²) >= 11 is 6.09. The summed E-state index contributed by atoms with van der Waals surface area (Å²) in [4.78, 5) is 0. The van der Waals surface area contributed by atoms with Gasteiger partial charge in [-0.15, -0.1) is 0 Å². The highest BCUT2D eigenvalue weighted by atomic mass is 35.5. The summed E-state index contributed by atoms with van der Waals surface area (Å²) in [5, 5.41) is 0.788. The molecule has 3 heteroatoms. The Kier molecular flexibility index (Phi) is 7.33. The predicted molar refractivity (Wildman–Crippen MR) is 79.6 cm³/mol. The monoisotopic (exact) mass is 268 g/mol. The Hall–Kier alpha value is -0.570. The molecule has 18 heavy (non-hydrogen) atoms. The summed E-state index contributed by atoms with van der Waals surface area (Å²) in [6, 6.07) is 6.34. The first-order chi connectivity index (χ1) is 8.67. The average Bonchev–Trinajstić information content (AvgIpc) is 2.32. The van der Waals surface area contributed by atoms with Gasteiger partial charge in [-0.2, -0.15) is 0 Å². The zero-order valence-corrected chi connectivity index (χ0v) is 12.3. The fourth-order valence-corrected chi connectivity index (χ4v) is 2.56. The van der Waals surface area contributed by atoms with Gasteiger partial charge in [-0.3, -0.25) is 11.3 Å². The molecule has 1 rings (SSSR count). The molecule has 0 bridgehead atoms. The van der Waals surface area contributed by atoms with E-state index < -0.39 is 0 Å². The fraction of sp³-hybridized carbons (Fsp3) is 0.600. The lowest BCUT2D eigenvalue weighted by Gasteiger charge is -2.17. The van der Waals surface area contributed by atoms with Crippen LogP contribution < -0.4 is 11.3 Å². The molecule has 0 saturated carbocycles. The predicted octanol–water partition coefficient (Wildman–Crippen LogP) is 4.51. The maximum Gasteiger partial charge on any atom is 0.0460 e. The average molecular weight is 269 g/mol. The molecule has 1 atom stereocenters. The summed E-state index contributed by atoms with van der Waals surface area (Å²) in [5.41, 5.74) is 5.28. The van der Waals surface area contributed by atoms with Crippen LogP contribution in [0, 0.1) is 6.92 Å². The van der Waals surface area contributed by atoms with E-state index in [-0.39, 0.29) is 6.04 Å². The van der Waals surface area contributed by atoms with Crippen molar-refractivity contribution in [3.63, 3.8) is 0 Å². The molecule has 102 valence electrons. The molecule has 0 aromatic heterocycles. The van der Waals surface area contributed by atoms with Crippen molar-refractivity contribution in [3.8, 4) is 0 Å². The van der Waals surface area contributed by atoms with Gasteiger partial charge in [0.15, 0.2) is 0 Å². The number of rotatable bonds is 8. The van der Waals surface area contributed by atoms with E-state index in [0.29, 0.717) is 0 Å². The summed E-state index contributed by atoms with van der Waals surface area (Å²) in [6.07, 6.45) is 7.50. The van der Waals surface area contributed by atoms with E-state index in [1.54, 1.807) is 0 Å². The van der Waals surface area contributed by atoms with Crippen molar-refractivity contribution in [1.29, 1.82) is 0 Å². The van der Waals surface area contributed by atoms with Gasteiger partial charge in [0.05, 0.1) is 0 Å². The molecule has 1 aromatic carbocycles. The minimum atomic E-state index is 0.212. The summed E-state index contributed by atoms with van der Waals surface area (Å²) in [5.74, 6) is 5.65. The Morgan fingerprint density at radius 3 is 2.50 bits per heavy atom. The number of halogens is 1. The van der Waals surface area contributed by atoms with Crippen molar-refractivity contribution < 1.29 is 0 Å². The van der Waals surface area contributed by atoms with Crippen LogP contribution in [0.4, 0.5) is 0 Å². The zero-order valence-electron chi connectivity index (χ0n) is 11.5. The molecule has 3 N–H and O–H groups in total. The third-order valence-electron chi connectivity index (χ3n) is 3.26. The largest absolute Gasteiger partial charge is 0.271 e. The van der Waals surface area contributed by atoms with Crippen molar-refractivity contribution in [1.82, 2.24) is 5.43 Å². The Balaban J connectivity index is 2.49. The lowest BCUT2D eigenvalue weighted by Crippen LogP contribution is -2.28. The molecule has 0 aliphatic rings. The highest BCUT2D eigenvalue weighted by Gasteiger charge is 2.10. The van der Waals surface area contributed by atoms with E-state index in [4.69, 9.17) is 17.4 Å². The van der Waals surface area contributed by atoms with Crippen LogP contribution in [-0.2, 0) is 0 Å². The first kappa shape index (κ1) is 15.5. The SMILES string of the molecule is CCCCCCCC(NN)c1cc(C)cc(Cl)c1. The molecule has 2 nitrogen and oxygen atoms in total. The van der Waals surface area contributed by atoms with Gasteiger partial charge in [0, 0.05) is 11.1 Å². The third kappa shape index (κ3) is 5.38. The number of hydrogen-bond acceptors (Lipinski definition) is 2. The standard InChI is InChI=1S/C15H25ClN2/c1-3-4-5-6-7-8-15(18-17)13-9-12(2)10-14(16)11-13/h9-11,15,18H,3-8,17H2,1-2H3. The van der Waals surface area contributed by atoms with Gasteiger partial charge in [0.25, 0.3) is 0 Å². The third-order valence-corrected chi connectivity index (χ3v) is 3.48. The van der Waals surface area contributed by atoms with Crippen LogP contribution in [0.15, 0.2) is 18.2 Å². The minimum absolute atomic E-state index is 0.212. The molecule has 0 fully saturated rings. The Labute approximate surface area is 116 Å². The van der Waals surface area contributed by atoms with Crippen LogP contribution in [0.1, 0.15) is 62.6 Å². The maximum absolute atomic E-state index is 6.09. The van der Waals surface area contributed by atoms with Crippen molar-refractivity contribution in [2.75, 3.05) is 0 Å². The molecule has 0 amide bonds. The minimum Gasteiger partial charge on any atom is -0.271 e. The molecule has 1 aromatic rings. The van der Waals surface area contributed by atoms with Gasteiger partial charge in [-0.05, 0) is 36.6 Å². The number of nitrogens with one attached hydrogen (secondary N) is 1. The number of hydrogen-bond donors (Lipinski definition) is 2. The van der Waals surface area contributed by atoms with Gasteiger partial charge in [-0.1, -0.05) is 56.7 Å².